The van der Waals surface area contributed by atoms with Gasteiger partial charge in [-0.2, -0.15) is 5.10 Å². The molecule has 1 N–H and O–H groups in total. The first kappa shape index (κ1) is 15.2. The Labute approximate surface area is 141 Å². The van der Waals surface area contributed by atoms with Crippen molar-refractivity contribution < 1.29 is 4.79 Å². The first-order valence-corrected chi connectivity index (χ1v) is 8.81. The second-order valence-electron chi connectivity index (χ2n) is 6.90. The van der Waals surface area contributed by atoms with Crippen LogP contribution in [0.5, 0.6) is 0 Å². The molecule has 1 aliphatic carbocycles. The van der Waals surface area contributed by atoms with E-state index in [9.17, 15) is 4.79 Å². The molecule has 2 aliphatic rings. The molecule has 0 saturated heterocycles. The number of amides is 2. The minimum absolute atomic E-state index is 0.0452. The summed E-state index contributed by atoms with van der Waals surface area (Å²) in [5.74, 6) is 1.27. The minimum atomic E-state index is 0.0452. The van der Waals surface area contributed by atoms with Gasteiger partial charge in [0.1, 0.15) is 5.82 Å². The van der Waals surface area contributed by atoms with Crippen LogP contribution in [0.3, 0.4) is 0 Å². The molecule has 128 valence electrons. The van der Waals surface area contributed by atoms with Gasteiger partial charge in [-0.25, -0.2) is 9.78 Å². The summed E-state index contributed by atoms with van der Waals surface area (Å²) >= 11 is 0. The molecule has 2 aromatic heterocycles. The number of urea groups is 1. The molecule has 0 radical (unpaired) electrons. The monoisotopic (exact) mass is 328 g/mol. The molecule has 7 nitrogen and oxygen atoms in total. The van der Waals surface area contributed by atoms with Crippen molar-refractivity contribution in [2.75, 3.05) is 6.54 Å². The van der Waals surface area contributed by atoms with Gasteiger partial charge in [0, 0.05) is 56.4 Å². The molecular weight excluding hydrogens is 304 g/mol. The molecule has 0 unspecified atom stereocenters. The van der Waals surface area contributed by atoms with E-state index in [0.29, 0.717) is 18.5 Å². The summed E-state index contributed by atoms with van der Waals surface area (Å²) in [5, 5.41) is 7.52. The highest BCUT2D eigenvalue weighted by Crippen LogP contribution is 2.20. The van der Waals surface area contributed by atoms with Gasteiger partial charge in [-0.3, -0.25) is 4.68 Å². The maximum Gasteiger partial charge on any atom is 0.318 e. The molecule has 1 fully saturated rings. The number of carbonyl (C=O) groups excluding carboxylic acids is 1. The van der Waals surface area contributed by atoms with Gasteiger partial charge in [0.25, 0.3) is 0 Å². The van der Waals surface area contributed by atoms with E-state index in [1.165, 1.54) is 12.8 Å². The quantitative estimate of drug-likeness (QED) is 0.935. The van der Waals surface area contributed by atoms with Crippen molar-refractivity contribution in [3.8, 4) is 0 Å². The van der Waals surface area contributed by atoms with E-state index in [4.69, 9.17) is 0 Å². The number of carbonyl (C=O) groups is 1. The summed E-state index contributed by atoms with van der Waals surface area (Å²) in [6, 6.07) is 2.32. The average molecular weight is 328 g/mol. The van der Waals surface area contributed by atoms with Crippen molar-refractivity contribution in [3.05, 3.63) is 36.7 Å². The van der Waals surface area contributed by atoms with E-state index in [1.807, 2.05) is 34.2 Å². The van der Waals surface area contributed by atoms with Crippen LogP contribution in [0, 0.1) is 5.92 Å². The molecule has 24 heavy (non-hydrogen) atoms. The first-order valence-electron chi connectivity index (χ1n) is 8.81. The molecule has 3 heterocycles. The lowest BCUT2D eigenvalue weighted by Crippen LogP contribution is -2.45. The molecule has 1 saturated carbocycles. The second kappa shape index (κ2) is 6.67. The Hall–Kier alpha value is -2.31. The average Bonchev–Trinajstić information content (AvgIpc) is 3.30. The number of hydrogen-bond donors (Lipinski definition) is 1. The van der Waals surface area contributed by atoms with Crippen LogP contribution in [-0.4, -0.2) is 42.8 Å². The molecule has 0 aromatic carbocycles. The molecule has 1 atom stereocenters. The Kier molecular flexibility index (Phi) is 4.23. The fraction of sp³-hybridized carbons (Fsp3) is 0.588. The van der Waals surface area contributed by atoms with Crippen molar-refractivity contribution in [2.24, 2.45) is 5.92 Å². The van der Waals surface area contributed by atoms with Crippen molar-refractivity contribution in [2.45, 2.75) is 51.4 Å². The lowest BCUT2D eigenvalue weighted by Gasteiger charge is -2.26. The summed E-state index contributed by atoms with van der Waals surface area (Å²) in [7, 11) is 0. The van der Waals surface area contributed by atoms with Gasteiger partial charge < -0.3 is 14.8 Å². The third-order valence-electron chi connectivity index (χ3n) is 5.04. The fourth-order valence-electron chi connectivity index (χ4n) is 3.82. The van der Waals surface area contributed by atoms with Crippen LogP contribution < -0.4 is 5.32 Å². The van der Waals surface area contributed by atoms with E-state index in [1.54, 1.807) is 6.20 Å². The predicted molar refractivity (Wildman–Crippen MR) is 89.1 cm³/mol. The second-order valence-corrected chi connectivity index (χ2v) is 6.90. The normalized spacial score (nSPS) is 21.5. The largest absolute Gasteiger partial charge is 0.335 e. The highest BCUT2D eigenvalue weighted by Gasteiger charge is 2.27. The number of nitrogens with zero attached hydrogens (tertiary/aromatic N) is 5. The molecule has 0 bridgehead atoms. The van der Waals surface area contributed by atoms with Crippen LogP contribution in [0.25, 0.3) is 0 Å². The molecule has 1 aliphatic heterocycles. The predicted octanol–water partition coefficient (Wildman–Crippen LogP) is 1.86. The van der Waals surface area contributed by atoms with Crippen molar-refractivity contribution >= 4 is 6.03 Å². The highest BCUT2D eigenvalue weighted by atomic mass is 16.2. The third kappa shape index (κ3) is 3.29. The van der Waals surface area contributed by atoms with E-state index in [2.05, 4.69) is 20.0 Å². The zero-order chi connectivity index (χ0) is 16.4. The number of hydrogen-bond acceptors (Lipinski definition) is 3. The Bertz CT molecular complexity index is 673. The molecule has 2 aromatic rings. The Morgan fingerprint density at radius 3 is 2.88 bits per heavy atom. The van der Waals surface area contributed by atoms with Crippen LogP contribution in [-0.2, 0) is 19.6 Å². The van der Waals surface area contributed by atoms with Crippen LogP contribution in [0.2, 0.25) is 0 Å². The summed E-state index contributed by atoms with van der Waals surface area (Å²) < 4.78 is 4.11. The van der Waals surface area contributed by atoms with Gasteiger partial charge in [-0.1, -0.05) is 12.8 Å². The van der Waals surface area contributed by atoms with Crippen LogP contribution in [0.15, 0.2) is 30.9 Å². The van der Waals surface area contributed by atoms with Gasteiger partial charge in [-0.05, 0) is 18.9 Å². The van der Waals surface area contributed by atoms with Gasteiger partial charge in [0.2, 0.25) is 0 Å². The Balaban J connectivity index is 1.49. The van der Waals surface area contributed by atoms with Crippen LogP contribution in [0.4, 0.5) is 4.79 Å². The van der Waals surface area contributed by atoms with E-state index in [-0.39, 0.29) is 6.03 Å². The summed E-state index contributed by atoms with van der Waals surface area (Å²) in [6.45, 7) is 2.96. The minimum Gasteiger partial charge on any atom is -0.335 e. The topological polar surface area (TPSA) is 68.0 Å². The third-order valence-corrected chi connectivity index (χ3v) is 5.04. The lowest BCUT2D eigenvalue weighted by atomic mass is 10.1. The number of imidazole rings is 1. The molecule has 0 spiro atoms. The smallest absolute Gasteiger partial charge is 0.318 e. The summed E-state index contributed by atoms with van der Waals surface area (Å²) in [5.41, 5.74) is 0. The number of rotatable bonds is 3. The summed E-state index contributed by atoms with van der Waals surface area (Å²) in [4.78, 5) is 19.1. The molecular formula is C17H24N6O. The van der Waals surface area contributed by atoms with Crippen LogP contribution in [0.1, 0.15) is 31.5 Å². The number of nitrogens with one attached hydrogen (secondary N) is 1. The molecule has 4 rings (SSSR count). The van der Waals surface area contributed by atoms with E-state index < -0.39 is 0 Å². The van der Waals surface area contributed by atoms with Crippen molar-refractivity contribution in [1.29, 1.82) is 0 Å². The van der Waals surface area contributed by atoms with Crippen molar-refractivity contribution in [1.82, 2.24) is 29.5 Å². The Morgan fingerprint density at radius 2 is 2.08 bits per heavy atom. The van der Waals surface area contributed by atoms with Gasteiger partial charge in [0.05, 0.1) is 6.54 Å². The van der Waals surface area contributed by atoms with Crippen molar-refractivity contribution in [3.63, 3.8) is 0 Å². The Morgan fingerprint density at radius 1 is 1.21 bits per heavy atom. The SMILES string of the molecule is O=C(NC1CCCC1)N1Cc2nccn2C[C@@H](Cn2cccn2)C1. The number of aromatic nitrogens is 4. The van der Waals surface area contributed by atoms with Gasteiger partial charge in [-0.15, -0.1) is 0 Å². The summed E-state index contributed by atoms with van der Waals surface area (Å²) in [6.07, 6.45) is 12.2. The lowest BCUT2D eigenvalue weighted by molar-refractivity contribution is 0.178. The molecule has 2 amide bonds. The number of fused-ring (bicyclic) bond motifs is 1. The van der Waals surface area contributed by atoms with E-state index in [0.717, 1.165) is 38.3 Å². The molecule has 7 heteroatoms. The maximum absolute atomic E-state index is 12.7. The fourth-order valence-corrected chi connectivity index (χ4v) is 3.82. The first-order chi connectivity index (χ1) is 11.8. The van der Waals surface area contributed by atoms with Gasteiger partial charge >= 0.3 is 6.03 Å². The van der Waals surface area contributed by atoms with Crippen LogP contribution >= 0.6 is 0 Å². The highest BCUT2D eigenvalue weighted by molar-refractivity contribution is 5.74. The van der Waals surface area contributed by atoms with E-state index >= 15 is 0 Å². The van der Waals surface area contributed by atoms with Gasteiger partial charge in [0.15, 0.2) is 0 Å². The zero-order valence-corrected chi connectivity index (χ0v) is 13.8. The standard InChI is InChI=1S/C17H24N6O/c24-17(20-15-4-1-2-5-15)22-11-14(12-23-8-3-6-19-23)10-21-9-7-18-16(21)13-22/h3,6-9,14-15H,1-2,4-5,10-13H2,(H,20,24)/t14-/m1/s1. The maximum atomic E-state index is 12.7. The zero-order valence-electron chi connectivity index (χ0n) is 13.8.